The third-order valence-electron chi connectivity index (χ3n) is 2.48. The molecule has 94 valence electrons. The van der Waals surface area contributed by atoms with Gasteiger partial charge in [-0.1, -0.05) is 18.5 Å². The van der Waals surface area contributed by atoms with Gasteiger partial charge in [0.05, 0.1) is 16.6 Å². The molecule has 2 aromatic heterocycles. The molecule has 0 aliphatic rings. The van der Waals surface area contributed by atoms with E-state index >= 15 is 0 Å². The lowest BCUT2D eigenvalue weighted by molar-refractivity contribution is 0.0935. The van der Waals surface area contributed by atoms with Crippen molar-refractivity contribution in [3.63, 3.8) is 0 Å². The Labute approximate surface area is 114 Å². The Morgan fingerprint density at radius 3 is 3.00 bits per heavy atom. The highest BCUT2D eigenvalue weighted by Crippen LogP contribution is 2.20. The lowest BCUT2D eigenvalue weighted by Gasteiger charge is -2.14. The number of nitrogens with one attached hydrogen (secondary N) is 1. The first-order chi connectivity index (χ1) is 8.72. The Balaban J connectivity index is 2.14. The quantitative estimate of drug-likeness (QED) is 0.937. The van der Waals surface area contributed by atoms with Crippen molar-refractivity contribution in [2.45, 2.75) is 19.4 Å². The van der Waals surface area contributed by atoms with Gasteiger partial charge in [-0.05, 0) is 12.5 Å². The maximum absolute atomic E-state index is 12.1. The number of halogens is 1. The van der Waals surface area contributed by atoms with E-state index in [1.807, 2.05) is 12.3 Å². The lowest BCUT2D eigenvalue weighted by atomic mass is 10.2. The van der Waals surface area contributed by atoms with Crippen LogP contribution < -0.4 is 5.32 Å². The highest BCUT2D eigenvalue weighted by molar-refractivity contribution is 7.09. The summed E-state index contributed by atoms with van der Waals surface area (Å²) in [6.45, 7) is 2.00. The van der Waals surface area contributed by atoms with Gasteiger partial charge in [0.2, 0.25) is 0 Å². The first kappa shape index (κ1) is 13.0. The minimum absolute atomic E-state index is 0.0817. The van der Waals surface area contributed by atoms with Crippen molar-refractivity contribution < 1.29 is 4.79 Å². The van der Waals surface area contributed by atoms with Crippen molar-refractivity contribution in [3.8, 4) is 0 Å². The summed E-state index contributed by atoms with van der Waals surface area (Å²) < 4.78 is 0. The van der Waals surface area contributed by atoms with E-state index < -0.39 is 0 Å². The second-order valence-electron chi connectivity index (χ2n) is 3.66. The van der Waals surface area contributed by atoms with E-state index in [9.17, 15) is 4.79 Å². The molecule has 2 aromatic rings. The average molecular weight is 282 g/mol. The molecule has 0 fully saturated rings. The molecule has 1 atom stereocenters. The number of pyridine rings is 1. The third-order valence-corrected chi connectivity index (χ3v) is 3.67. The largest absolute Gasteiger partial charge is 0.343 e. The van der Waals surface area contributed by atoms with Crippen molar-refractivity contribution in [2.24, 2.45) is 0 Å². The van der Waals surface area contributed by atoms with E-state index in [2.05, 4.69) is 15.3 Å². The van der Waals surface area contributed by atoms with Crippen molar-refractivity contribution in [1.29, 1.82) is 0 Å². The molecule has 2 rings (SSSR count). The van der Waals surface area contributed by atoms with Crippen LogP contribution in [0, 0.1) is 0 Å². The summed E-state index contributed by atoms with van der Waals surface area (Å²) in [5.74, 6) is -0.204. The van der Waals surface area contributed by atoms with Gasteiger partial charge in [0.1, 0.15) is 5.01 Å². The molecule has 4 nitrogen and oxygen atoms in total. The van der Waals surface area contributed by atoms with Gasteiger partial charge in [-0.25, -0.2) is 4.98 Å². The van der Waals surface area contributed by atoms with E-state index in [1.54, 1.807) is 18.5 Å². The van der Waals surface area contributed by atoms with Gasteiger partial charge in [-0.2, -0.15) is 0 Å². The van der Waals surface area contributed by atoms with Gasteiger partial charge in [0, 0.05) is 24.0 Å². The van der Waals surface area contributed by atoms with Crippen LogP contribution in [-0.2, 0) is 0 Å². The van der Waals surface area contributed by atoms with Crippen LogP contribution in [0.15, 0.2) is 30.0 Å². The fourth-order valence-electron chi connectivity index (χ4n) is 1.54. The Kier molecular flexibility index (Phi) is 4.28. The summed E-state index contributed by atoms with van der Waals surface area (Å²) in [4.78, 5) is 20.2. The summed E-state index contributed by atoms with van der Waals surface area (Å²) >= 11 is 7.46. The van der Waals surface area contributed by atoms with Crippen LogP contribution in [0.2, 0.25) is 5.02 Å². The molecule has 1 N–H and O–H groups in total. The molecule has 0 spiro atoms. The zero-order valence-electron chi connectivity index (χ0n) is 9.76. The number of amides is 1. The molecule has 0 aliphatic carbocycles. The fraction of sp³-hybridized carbons (Fsp3) is 0.250. The van der Waals surface area contributed by atoms with Crippen LogP contribution in [0.1, 0.15) is 34.8 Å². The molecular formula is C12H12ClN3OS. The Morgan fingerprint density at radius 2 is 2.39 bits per heavy atom. The smallest absolute Gasteiger partial charge is 0.253 e. The van der Waals surface area contributed by atoms with Crippen molar-refractivity contribution in [3.05, 3.63) is 45.6 Å². The first-order valence-corrected chi connectivity index (χ1v) is 6.78. The van der Waals surface area contributed by atoms with Gasteiger partial charge in [0.15, 0.2) is 0 Å². The van der Waals surface area contributed by atoms with E-state index in [0.29, 0.717) is 10.6 Å². The molecule has 0 aliphatic heterocycles. The topological polar surface area (TPSA) is 54.9 Å². The highest BCUT2D eigenvalue weighted by atomic mass is 35.5. The highest BCUT2D eigenvalue weighted by Gasteiger charge is 2.17. The number of carbonyl (C=O) groups excluding carboxylic acids is 1. The van der Waals surface area contributed by atoms with Crippen molar-refractivity contribution in [2.75, 3.05) is 0 Å². The normalized spacial score (nSPS) is 12.1. The molecule has 0 aromatic carbocycles. The Hall–Kier alpha value is -1.46. The number of hydrogen-bond acceptors (Lipinski definition) is 4. The molecule has 18 heavy (non-hydrogen) atoms. The number of aromatic nitrogens is 2. The molecule has 1 amide bonds. The van der Waals surface area contributed by atoms with Crippen molar-refractivity contribution >= 4 is 28.8 Å². The van der Waals surface area contributed by atoms with Gasteiger partial charge in [-0.3, -0.25) is 9.78 Å². The SMILES string of the molecule is CCC(NC(=O)c1ccncc1Cl)c1nccs1. The summed E-state index contributed by atoms with van der Waals surface area (Å²) in [6.07, 6.45) is 5.52. The Morgan fingerprint density at radius 1 is 1.56 bits per heavy atom. The van der Waals surface area contributed by atoms with Crippen molar-refractivity contribution in [1.82, 2.24) is 15.3 Å². The summed E-state index contributed by atoms with van der Waals surface area (Å²) in [5, 5.41) is 6.07. The maximum atomic E-state index is 12.1. The number of carbonyl (C=O) groups is 1. The van der Waals surface area contributed by atoms with Crippen LogP contribution >= 0.6 is 22.9 Å². The fourth-order valence-corrected chi connectivity index (χ4v) is 2.52. The summed E-state index contributed by atoms with van der Waals surface area (Å²) in [6, 6.07) is 1.52. The predicted molar refractivity (Wildman–Crippen MR) is 71.9 cm³/mol. The standard InChI is InChI=1S/C12H12ClN3OS/c1-2-10(12-15-5-6-18-12)16-11(17)8-3-4-14-7-9(8)13/h3-7,10H,2H2,1H3,(H,16,17). The van der Waals surface area contributed by atoms with Gasteiger partial charge in [-0.15, -0.1) is 11.3 Å². The van der Waals surface area contributed by atoms with E-state index in [0.717, 1.165) is 11.4 Å². The maximum Gasteiger partial charge on any atom is 0.253 e. The van der Waals surface area contributed by atoms with Crippen LogP contribution in [0.5, 0.6) is 0 Å². The number of hydrogen-bond donors (Lipinski definition) is 1. The second-order valence-corrected chi connectivity index (χ2v) is 4.99. The molecule has 2 heterocycles. The third kappa shape index (κ3) is 2.86. The van der Waals surface area contributed by atoms with Gasteiger partial charge in [0.25, 0.3) is 5.91 Å². The summed E-state index contributed by atoms with van der Waals surface area (Å²) in [7, 11) is 0. The first-order valence-electron chi connectivity index (χ1n) is 5.52. The lowest BCUT2D eigenvalue weighted by Crippen LogP contribution is -2.28. The van der Waals surface area contributed by atoms with Gasteiger partial charge >= 0.3 is 0 Å². The Bertz CT molecular complexity index is 530. The van der Waals surface area contributed by atoms with Crippen LogP contribution in [0.3, 0.4) is 0 Å². The monoisotopic (exact) mass is 281 g/mol. The van der Waals surface area contributed by atoms with E-state index in [-0.39, 0.29) is 11.9 Å². The second kappa shape index (κ2) is 5.93. The minimum atomic E-state index is -0.204. The van der Waals surface area contributed by atoms with Gasteiger partial charge < -0.3 is 5.32 Å². The molecule has 1 unspecified atom stereocenters. The summed E-state index contributed by atoms with van der Waals surface area (Å²) in [5.41, 5.74) is 0.432. The van der Waals surface area contributed by atoms with Crippen LogP contribution in [-0.4, -0.2) is 15.9 Å². The van der Waals surface area contributed by atoms with Crippen LogP contribution in [0.4, 0.5) is 0 Å². The van der Waals surface area contributed by atoms with E-state index in [4.69, 9.17) is 11.6 Å². The number of nitrogens with zero attached hydrogens (tertiary/aromatic N) is 2. The molecule has 6 heteroatoms. The number of thiazole rings is 1. The molecule has 0 bridgehead atoms. The molecule has 0 radical (unpaired) electrons. The van der Waals surface area contributed by atoms with E-state index in [1.165, 1.54) is 17.5 Å². The minimum Gasteiger partial charge on any atom is -0.343 e. The number of rotatable bonds is 4. The molecular weight excluding hydrogens is 270 g/mol. The predicted octanol–water partition coefficient (Wildman–Crippen LogP) is 3.07. The van der Waals surface area contributed by atoms with Crippen LogP contribution in [0.25, 0.3) is 0 Å². The average Bonchev–Trinajstić information content (AvgIpc) is 2.90. The zero-order chi connectivity index (χ0) is 13.0. The molecule has 0 saturated heterocycles. The molecule has 0 saturated carbocycles. The zero-order valence-corrected chi connectivity index (χ0v) is 11.3.